The third-order valence-corrected chi connectivity index (χ3v) is 3.23. The van der Waals surface area contributed by atoms with Crippen LogP contribution in [-0.4, -0.2) is 28.5 Å². The number of carbonyl (C=O) groups excluding carboxylic acids is 1. The van der Waals surface area contributed by atoms with Crippen molar-refractivity contribution in [2.24, 2.45) is 0 Å². The van der Waals surface area contributed by atoms with Gasteiger partial charge in [0, 0.05) is 5.69 Å². The van der Waals surface area contributed by atoms with Crippen molar-refractivity contribution in [2.45, 2.75) is 19.8 Å². The summed E-state index contributed by atoms with van der Waals surface area (Å²) in [6.45, 7) is 4.12. The number of para-hydroxylation sites is 1. The molecule has 1 amide bonds. The number of hydrogen-bond donors (Lipinski definition) is 2. The largest absolute Gasteiger partial charge is 0.481 e. The molecular formula is C13H17NO3S. The first-order chi connectivity index (χ1) is 8.50. The zero-order valence-corrected chi connectivity index (χ0v) is 11.3. The molecule has 1 aromatic carbocycles. The summed E-state index contributed by atoms with van der Waals surface area (Å²) < 4.78 is 0. The predicted molar refractivity (Wildman–Crippen MR) is 74.1 cm³/mol. The Balaban J connectivity index is 2.56. The number of aliphatic carboxylic acids is 1. The molecule has 0 aromatic heterocycles. The number of amides is 1. The van der Waals surface area contributed by atoms with Crippen molar-refractivity contribution in [3.8, 4) is 0 Å². The summed E-state index contributed by atoms with van der Waals surface area (Å²) in [7, 11) is 0. The second-order valence-electron chi connectivity index (χ2n) is 4.18. The summed E-state index contributed by atoms with van der Waals surface area (Å²) >= 11 is 1.09. The molecule has 0 aliphatic carbocycles. The van der Waals surface area contributed by atoms with Crippen LogP contribution in [0, 0.1) is 0 Å². The van der Waals surface area contributed by atoms with E-state index in [1.165, 1.54) is 0 Å². The Kier molecular flexibility index (Phi) is 5.71. The van der Waals surface area contributed by atoms with Crippen molar-refractivity contribution in [3.05, 3.63) is 29.8 Å². The Labute approximate surface area is 111 Å². The quantitative estimate of drug-likeness (QED) is 0.831. The van der Waals surface area contributed by atoms with Crippen LogP contribution in [0.1, 0.15) is 25.3 Å². The molecule has 0 heterocycles. The fourth-order valence-corrected chi connectivity index (χ4v) is 2.07. The highest BCUT2D eigenvalue weighted by Crippen LogP contribution is 2.23. The average molecular weight is 267 g/mol. The first kappa shape index (κ1) is 14.6. The van der Waals surface area contributed by atoms with E-state index in [9.17, 15) is 9.59 Å². The number of rotatable bonds is 6. The van der Waals surface area contributed by atoms with Gasteiger partial charge in [-0.25, -0.2) is 0 Å². The minimum Gasteiger partial charge on any atom is -0.481 e. The minimum absolute atomic E-state index is 0.0563. The van der Waals surface area contributed by atoms with Gasteiger partial charge in [0.2, 0.25) is 5.91 Å². The van der Waals surface area contributed by atoms with Gasteiger partial charge in [-0.15, -0.1) is 11.8 Å². The summed E-state index contributed by atoms with van der Waals surface area (Å²) in [6.07, 6.45) is 0. The molecule has 0 fully saturated rings. The Morgan fingerprint density at radius 2 is 1.94 bits per heavy atom. The van der Waals surface area contributed by atoms with Gasteiger partial charge in [0.15, 0.2) is 0 Å². The molecule has 98 valence electrons. The zero-order valence-electron chi connectivity index (χ0n) is 10.5. The lowest BCUT2D eigenvalue weighted by atomic mass is 10.0. The number of anilines is 1. The van der Waals surface area contributed by atoms with E-state index >= 15 is 0 Å². The average Bonchev–Trinajstić information content (AvgIpc) is 2.28. The van der Waals surface area contributed by atoms with Crippen molar-refractivity contribution in [3.63, 3.8) is 0 Å². The van der Waals surface area contributed by atoms with Crippen molar-refractivity contribution in [1.29, 1.82) is 0 Å². The van der Waals surface area contributed by atoms with Crippen molar-refractivity contribution in [2.75, 3.05) is 16.8 Å². The van der Waals surface area contributed by atoms with Crippen molar-refractivity contribution < 1.29 is 14.7 Å². The summed E-state index contributed by atoms with van der Waals surface area (Å²) in [5.74, 6) is -0.657. The molecule has 5 heteroatoms. The highest BCUT2D eigenvalue weighted by atomic mass is 32.2. The Hall–Kier alpha value is -1.49. The second kappa shape index (κ2) is 7.06. The van der Waals surface area contributed by atoms with Crippen LogP contribution in [0.25, 0.3) is 0 Å². The van der Waals surface area contributed by atoms with Gasteiger partial charge in [0.05, 0.1) is 11.5 Å². The summed E-state index contributed by atoms with van der Waals surface area (Å²) in [5, 5.41) is 11.3. The van der Waals surface area contributed by atoms with E-state index in [0.29, 0.717) is 5.92 Å². The monoisotopic (exact) mass is 267 g/mol. The molecule has 0 unspecified atom stereocenters. The van der Waals surface area contributed by atoms with Gasteiger partial charge >= 0.3 is 5.97 Å². The van der Waals surface area contributed by atoms with Gasteiger partial charge in [-0.1, -0.05) is 32.0 Å². The fourth-order valence-electron chi connectivity index (χ4n) is 1.53. The van der Waals surface area contributed by atoms with Crippen LogP contribution in [0.15, 0.2) is 24.3 Å². The lowest BCUT2D eigenvalue weighted by Gasteiger charge is -2.13. The molecule has 0 aliphatic heterocycles. The van der Waals surface area contributed by atoms with Crippen LogP contribution in [-0.2, 0) is 9.59 Å². The number of carbonyl (C=O) groups is 2. The number of carboxylic acid groups (broad SMARTS) is 1. The van der Waals surface area contributed by atoms with Gasteiger partial charge in [-0.2, -0.15) is 0 Å². The second-order valence-corrected chi connectivity index (χ2v) is 5.16. The first-order valence-electron chi connectivity index (χ1n) is 5.69. The molecule has 0 atom stereocenters. The van der Waals surface area contributed by atoms with Crippen LogP contribution in [0.2, 0.25) is 0 Å². The summed E-state index contributed by atoms with van der Waals surface area (Å²) in [5.41, 5.74) is 1.88. The van der Waals surface area contributed by atoms with E-state index in [4.69, 9.17) is 5.11 Å². The highest BCUT2D eigenvalue weighted by molar-refractivity contribution is 8.00. The molecule has 0 saturated heterocycles. The Bertz CT molecular complexity index is 432. The molecule has 4 nitrogen and oxygen atoms in total. The number of carboxylic acids is 1. The van der Waals surface area contributed by atoms with E-state index in [-0.39, 0.29) is 17.4 Å². The first-order valence-corrected chi connectivity index (χ1v) is 6.84. The lowest BCUT2D eigenvalue weighted by Crippen LogP contribution is -2.16. The summed E-state index contributed by atoms with van der Waals surface area (Å²) in [4.78, 5) is 22.0. The van der Waals surface area contributed by atoms with Crippen LogP contribution in [0.3, 0.4) is 0 Å². The molecular weight excluding hydrogens is 250 g/mol. The smallest absolute Gasteiger partial charge is 0.313 e. The maximum atomic E-state index is 11.6. The van der Waals surface area contributed by atoms with Crippen LogP contribution in [0.5, 0.6) is 0 Å². The topological polar surface area (TPSA) is 66.4 Å². The number of nitrogens with one attached hydrogen (secondary N) is 1. The molecule has 0 bridgehead atoms. The molecule has 18 heavy (non-hydrogen) atoms. The lowest BCUT2D eigenvalue weighted by molar-refractivity contribution is -0.133. The van der Waals surface area contributed by atoms with Crippen molar-refractivity contribution >= 4 is 29.3 Å². The Morgan fingerprint density at radius 1 is 1.28 bits per heavy atom. The van der Waals surface area contributed by atoms with E-state index in [2.05, 4.69) is 19.2 Å². The van der Waals surface area contributed by atoms with E-state index in [1.54, 1.807) is 0 Å². The maximum absolute atomic E-state index is 11.6. The third kappa shape index (κ3) is 4.79. The minimum atomic E-state index is -0.907. The zero-order chi connectivity index (χ0) is 13.5. The molecule has 0 saturated carbocycles. The number of benzene rings is 1. The fraction of sp³-hybridized carbons (Fsp3) is 0.385. The van der Waals surface area contributed by atoms with Crippen LogP contribution in [0.4, 0.5) is 5.69 Å². The van der Waals surface area contributed by atoms with Gasteiger partial charge in [-0.3, -0.25) is 9.59 Å². The van der Waals surface area contributed by atoms with Crippen LogP contribution >= 0.6 is 11.8 Å². The van der Waals surface area contributed by atoms with E-state index in [0.717, 1.165) is 23.0 Å². The maximum Gasteiger partial charge on any atom is 0.313 e. The van der Waals surface area contributed by atoms with Crippen molar-refractivity contribution in [1.82, 2.24) is 0 Å². The van der Waals surface area contributed by atoms with Crippen LogP contribution < -0.4 is 5.32 Å². The third-order valence-electron chi connectivity index (χ3n) is 2.32. The molecule has 0 aliphatic rings. The van der Waals surface area contributed by atoms with Gasteiger partial charge in [0.1, 0.15) is 0 Å². The van der Waals surface area contributed by atoms with E-state index < -0.39 is 5.97 Å². The molecule has 1 aromatic rings. The molecule has 1 rings (SSSR count). The molecule has 2 N–H and O–H groups in total. The predicted octanol–water partition coefficient (Wildman–Crippen LogP) is 2.57. The normalized spacial score (nSPS) is 10.4. The molecule has 0 spiro atoms. The SMILES string of the molecule is CC(C)c1ccccc1NC(=O)CSCC(=O)O. The summed E-state index contributed by atoms with van der Waals surface area (Å²) in [6, 6.07) is 7.63. The van der Waals surface area contributed by atoms with E-state index in [1.807, 2.05) is 24.3 Å². The number of hydrogen-bond acceptors (Lipinski definition) is 3. The Morgan fingerprint density at radius 3 is 2.56 bits per heavy atom. The highest BCUT2D eigenvalue weighted by Gasteiger charge is 2.09. The molecule has 0 radical (unpaired) electrons. The van der Waals surface area contributed by atoms with Gasteiger partial charge < -0.3 is 10.4 Å². The number of thioether (sulfide) groups is 1. The standard InChI is InChI=1S/C13H17NO3S/c1-9(2)10-5-3-4-6-11(10)14-12(15)7-18-8-13(16)17/h3-6,9H,7-8H2,1-2H3,(H,14,15)(H,16,17). The van der Waals surface area contributed by atoms with Gasteiger partial charge in [0.25, 0.3) is 0 Å². The van der Waals surface area contributed by atoms with Gasteiger partial charge in [-0.05, 0) is 17.5 Å².